The molecule has 1 saturated heterocycles. The first-order chi connectivity index (χ1) is 9.06. The number of carbonyl (C=O) groups is 1. The topological polar surface area (TPSA) is 70.0 Å². The van der Waals surface area contributed by atoms with Gasteiger partial charge in [-0.15, -0.1) is 0 Å². The fourth-order valence-electron chi connectivity index (χ4n) is 2.17. The number of likely N-dealkylation sites (tertiary alicyclic amines) is 1. The van der Waals surface area contributed by atoms with Crippen molar-refractivity contribution >= 4 is 5.97 Å². The number of aliphatic hydroxyl groups is 1. The van der Waals surface area contributed by atoms with Gasteiger partial charge < -0.3 is 19.8 Å². The van der Waals surface area contributed by atoms with Gasteiger partial charge in [0.1, 0.15) is 11.9 Å². The number of aliphatic hydroxyl groups excluding tert-OH is 1. The predicted molar refractivity (Wildman–Crippen MR) is 70.2 cm³/mol. The second-order valence-corrected chi connectivity index (χ2v) is 4.93. The van der Waals surface area contributed by atoms with Gasteiger partial charge in [-0.05, 0) is 37.6 Å². The Kier molecular flexibility index (Phi) is 4.39. The molecule has 1 aromatic rings. The number of nitrogens with zero attached hydrogens (tertiary/aromatic N) is 1. The summed E-state index contributed by atoms with van der Waals surface area (Å²) >= 11 is 0. The lowest BCUT2D eigenvalue weighted by atomic mass is 10.1. The number of ether oxygens (including phenoxy) is 1. The smallest absolute Gasteiger partial charge is 0.337 e. The molecular weight excluding hydrogens is 246 g/mol. The summed E-state index contributed by atoms with van der Waals surface area (Å²) in [5, 5.41) is 18.1. The fourth-order valence-corrected chi connectivity index (χ4v) is 2.17. The third-order valence-corrected chi connectivity index (χ3v) is 3.40. The maximum atomic E-state index is 10.6. The van der Waals surface area contributed by atoms with Gasteiger partial charge in [-0.25, -0.2) is 4.79 Å². The standard InChI is InChI=1S/C14H19NO4/c1-15-8-6-12(7-9-15)19-11-4-2-10(3-5-11)13(16)14(17)18/h2-5,12-13,16H,6-9H2,1H3,(H,17,18). The zero-order valence-corrected chi connectivity index (χ0v) is 11.0. The molecule has 19 heavy (non-hydrogen) atoms. The Labute approximate surface area is 112 Å². The first kappa shape index (κ1) is 13.8. The summed E-state index contributed by atoms with van der Waals surface area (Å²) in [4.78, 5) is 12.9. The zero-order valence-electron chi connectivity index (χ0n) is 11.0. The third kappa shape index (κ3) is 3.68. The largest absolute Gasteiger partial charge is 0.490 e. The molecular formula is C14H19NO4. The Morgan fingerprint density at radius 2 is 1.89 bits per heavy atom. The monoisotopic (exact) mass is 265 g/mol. The maximum absolute atomic E-state index is 10.6. The van der Waals surface area contributed by atoms with Crippen LogP contribution in [0.2, 0.25) is 0 Å². The minimum absolute atomic E-state index is 0.214. The normalized spacial score (nSPS) is 19.1. The number of aliphatic carboxylic acids is 1. The van der Waals surface area contributed by atoms with Gasteiger partial charge >= 0.3 is 5.97 Å². The number of carboxylic acids is 1. The molecule has 0 aliphatic carbocycles. The summed E-state index contributed by atoms with van der Waals surface area (Å²) < 4.78 is 5.84. The molecule has 0 saturated carbocycles. The highest BCUT2D eigenvalue weighted by Crippen LogP contribution is 2.21. The molecule has 0 bridgehead atoms. The molecule has 1 unspecified atom stereocenters. The van der Waals surface area contributed by atoms with Crippen molar-refractivity contribution in [1.82, 2.24) is 4.90 Å². The second kappa shape index (κ2) is 6.04. The van der Waals surface area contributed by atoms with Crippen LogP contribution in [0.4, 0.5) is 0 Å². The van der Waals surface area contributed by atoms with Gasteiger partial charge in [0.2, 0.25) is 0 Å². The Balaban J connectivity index is 1.93. The van der Waals surface area contributed by atoms with E-state index in [0.29, 0.717) is 5.56 Å². The van der Waals surface area contributed by atoms with Gasteiger partial charge in [-0.1, -0.05) is 12.1 Å². The summed E-state index contributed by atoms with van der Waals surface area (Å²) in [6.45, 7) is 2.06. The molecule has 5 heteroatoms. The lowest BCUT2D eigenvalue weighted by molar-refractivity contribution is -0.146. The number of hydrogen-bond acceptors (Lipinski definition) is 4. The second-order valence-electron chi connectivity index (χ2n) is 4.93. The van der Waals surface area contributed by atoms with E-state index >= 15 is 0 Å². The Morgan fingerprint density at radius 3 is 2.42 bits per heavy atom. The average molecular weight is 265 g/mol. The van der Waals surface area contributed by atoms with Crippen LogP contribution in [0.3, 0.4) is 0 Å². The summed E-state index contributed by atoms with van der Waals surface area (Å²) in [7, 11) is 2.10. The van der Waals surface area contributed by atoms with Crippen LogP contribution in [0.5, 0.6) is 5.75 Å². The van der Waals surface area contributed by atoms with Crippen molar-refractivity contribution in [2.24, 2.45) is 0 Å². The molecule has 1 heterocycles. The molecule has 0 spiro atoms. The van der Waals surface area contributed by atoms with E-state index in [4.69, 9.17) is 9.84 Å². The van der Waals surface area contributed by atoms with E-state index in [1.54, 1.807) is 24.3 Å². The molecule has 1 aromatic carbocycles. The van der Waals surface area contributed by atoms with Crippen molar-refractivity contribution in [2.45, 2.75) is 25.0 Å². The molecule has 0 amide bonds. The highest BCUT2D eigenvalue weighted by Gasteiger charge is 2.19. The minimum atomic E-state index is -1.47. The average Bonchev–Trinajstić information content (AvgIpc) is 2.41. The summed E-state index contributed by atoms with van der Waals surface area (Å²) in [5.41, 5.74) is 0.364. The van der Waals surface area contributed by atoms with Crippen LogP contribution < -0.4 is 4.74 Å². The van der Waals surface area contributed by atoms with Crippen LogP contribution in [0, 0.1) is 0 Å². The van der Waals surface area contributed by atoms with Gasteiger partial charge in [-0.3, -0.25) is 0 Å². The number of benzene rings is 1. The molecule has 1 aliphatic rings. The summed E-state index contributed by atoms with van der Waals surface area (Å²) in [6.07, 6.45) is 0.732. The van der Waals surface area contributed by atoms with Gasteiger partial charge in [0, 0.05) is 13.1 Å². The predicted octanol–water partition coefficient (Wildman–Crippen LogP) is 1.28. The number of piperidine rings is 1. The van der Waals surface area contributed by atoms with Gasteiger partial charge in [0.15, 0.2) is 6.10 Å². The molecule has 5 nitrogen and oxygen atoms in total. The van der Waals surface area contributed by atoms with Gasteiger partial charge in [-0.2, -0.15) is 0 Å². The van der Waals surface area contributed by atoms with E-state index in [2.05, 4.69) is 11.9 Å². The van der Waals surface area contributed by atoms with Crippen LogP contribution >= 0.6 is 0 Å². The lowest BCUT2D eigenvalue weighted by Gasteiger charge is -2.29. The zero-order chi connectivity index (χ0) is 13.8. The van der Waals surface area contributed by atoms with Crippen molar-refractivity contribution in [2.75, 3.05) is 20.1 Å². The van der Waals surface area contributed by atoms with Crippen LogP contribution in [0.25, 0.3) is 0 Å². The fraction of sp³-hybridized carbons (Fsp3) is 0.500. The Bertz CT molecular complexity index is 424. The molecule has 2 rings (SSSR count). The first-order valence-corrected chi connectivity index (χ1v) is 6.42. The van der Waals surface area contributed by atoms with Crippen molar-refractivity contribution in [3.05, 3.63) is 29.8 Å². The van der Waals surface area contributed by atoms with Crippen LogP contribution in [0.1, 0.15) is 24.5 Å². The van der Waals surface area contributed by atoms with Crippen molar-refractivity contribution in [3.63, 3.8) is 0 Å². The molecule has 1 atom stereocenters. The van der Waals surface area contributed by atoms with E-state index in [-0.39, 0.29) is 6.10 Å². The first-order valence-electron chi connectivity index (χ1n) is 6.42. The van der Waals surface area contributed by atoms with E-state index in [9.17, 15) is 9.90 Å². The Morgan fingerprint density at radius 1 is 1.32 bits per heavy atom. The van der Waals surface area contributed by atoms with Gasteiger partial charge in [0.25, 0.3) is 0 Å². The van der Waals surface area contributed by atoms with Crippen molar-refractivity contribution in [3.8, 4) is 5.75 Å². The van der Waals surface area contributed by atoms with Crippen LogP contribution in [-0.2, 0) is 4.79 Å². The summed E-state index contributed by atoms with van der Waals surface area (Å²) in [6, 6.07) is 6.59. The third-order valence-electron chi connectivity index (χ3n) is 3.40. The van der Waals surface area contributed by atoms with E-state index in [1.807, 2.05) is 0 Å². The molecule has 104 valence electrons. The molecule has 1 fully saturated rings. The quantitative estimate of drug-likeness (QED) is 0.858. The van der Waals surface area contributed by atoms with Crippen molar-refractivity contribution < 1.29 is 19.7 Å². The number of carboxylic acid groups (broad SMARTS) is 1. The summed E-state index contributed by atoms with van der Waals surface area (Å²) in [5.74, 6) is -0.528. The molecule has 0 radical (unpaired) electrons. The van der Waals surface area contributed by atoms with E-state index < -0.39 is 12.1 Å². The van der Waals surface area contributed by atoms with E-state index in [1.165, 1.54) is 0 Å². The van der Waals surface area contributed by atoms with Crippen LogP contribution in [0.15, 0.2) is 24.3 Å². The highest BCUT2D eigenvalue weighted by atomic mass is 16.5. The lowest BCUT2D eigenvalue weighted by Crippen LogP contribution is -2.35. The Hall–Kier alpha value is -1.59. The molecule has 1 aliphatic heterocycles. The number of hydrogen-bond donors (Lipinski definition) is 2. The molecule has 2 N–H and O–H groups in total. The van der Waals surface area contributed by atoms with E-state index in [0.717, 1.165) is 31.7 Å². The maximum Gasteiger partial charge on any atom is 0.337 e. The van der Waals surface area contributed by atoms with Crippen molar-refractivity contribution in [1.29, 1.82) is 0 Å². The SMILES string of the molecule is CN1CCC(Oc2ccc(C(O)C(=O)O)cc2)CC1. The molecule has 0 aromatic heterocycles. The minimum Gasteiger partial charge on any atom is -0.490 e. The highest BCUT2D eigenvalue weighted by molar-refractivity contribution is 5.74. The van der Waals surface area contributed by atoms with Crippen LogP contribution in [-0.4, -0.2) is 47.3 Å². The van der Waals surface area contributed by atoms with Gasteiger partial charge in [0.05, 0.1) is 0 Å². The number of rotatable bonds is 4.